The second-order valence-electron chi connectivity index (χ2n) is 6.42. The number of rotatable bonds is 5. The van der Waals surface area contributed by atoms with Gasteiger partial charge in [-0.25, -0.2) is 13.8 Å². The summed E-state index contributed by atoms with van der Waals surface area (Å²) in [5.41, 5.74) is 0.393. The van der Waals surface area contributed by atoms with Crippen LogP contribution in [0, 0.1) is 15.2 Å². The van der Waals surface area contributed by atoms with E-state index in [1.807, 2.05) is 0 Å². The molecule has 1 aliphatic heterocycles. The molecule has 3 aromatic carbocycles. The highest BCUT2D eigenvalue weighted by molar-refractivity contribution is 14.1. The quantitative estimate of drug-likeness (QED) is 0.342. The summed E-state index contributed by atoms with van der Waals surface area (Å²) in [6.45, 7) is 0.115. The minimum Gasteiger partial charge on any atom is -0.475 e. The monoisotopic (exact) mass is 541 g/mol. The van der Waals surface area contributed by atoms with Crippen molar-refractivity contribution in [2.45, 2.75) is 10.9 Å². The number of halogens is 3. The van der Waals surface area contributed by atoms with Crippen molar-refractivity contribution in [2.75, 3.05) is 6.61 Å². The maximum Gasteiger partial charge on any atom is 0.339 e. The number of hydrogen-bond donors (Lipinski definition) is 0. The van der Waals surface area contributed by atoms with E-state index in [-0.39, 0.29) is 28.7 Å². The van der Waals surface area contributed by atoms with Crippen molar-refractivity contribution in [1.29, 1.82) is 0 Å². The van der Waals surface area contributed by atoms with Crippen molar-refractivity contribution in [2.24, 2.45) is 4.99 Å². The second-order valence-corrected chi connectivity index (χ2v) is 9.21. The summed E-state index contributed by atoms with van der Waals surface area (Å²) in [4.78, 5) is 4.32. The number of ether oxygens (including phenoxy) is 1. The lowest BCUT2D eigenvalue weighted by atomic mass is 10.1. The second kappa shape index (κ2) is 8.31. The molecule has 4 rings (SSSR count). The van der Waals surface area contributed by atoms with E-state index >= 15 is 0 Å². The molecule has 0 bridgehead atoms. The Labute approximate surface area is 185 Å². The highest BCUT2D eigenvalue weighted by atomic mass is 127. The summed E-state index contributed by atoms with van der Waals surface area (Å²) in [7, 11) is -3.96. The van der Waals surface area contributed by atoms with Crippen LogP contribution >= 0.6 is 22.6 Å². The smallest absolute Gasteiger partial charge is 0.339 e. The Hall–Kier alpha value is -2.53. The van der Waals surface area contributed by atoms with E-state index in [4.69, 9.17) is 8.92 Å². The molecule has 0 aliphatic carbocycles. The minimum absolute atomic E-state index is 0.0531. The lowest BCUT2D eigenvalue weighted by Crippen LogP contribution is -2.09. The summed E-state index contributed by atoms with van der Waals surface area (Å²) in [5, 5.41) is 0. The lowest BCUT2D eigenvalue weighted by Gasteiger charge is -2.09. The Kier molecular flexibility index (Phi) is 5.74. The molecule has 0 saturated heterocycles. The molecule has 30 heavy (non-hydrogen) atoms. The van der Waals surface area contributed by atoms with Crippen molar-refractivity contribution >= 4 is 38.6 Å². The average Bonchev–Trinajstić information content (AvgIpc) is 3.18. The van der Waals surface area contributed by atoms with Gasteiger partial charge in [0, 0.05) is 3.57 Å². The van der Waals surface area contributed by atoms with Crippen LogP contribution in [-0.2, 0) is 14.9 Å². The first-order valence-electron chi connectivity index (χ1n) is 8.78. The molecule has 0 amide bonds. The molecule has 0 aromatic heterocycles. The third-order valence-electron chi connectivity index (χ3n) is 4.40. The first-order valence-corrected chi connectivity index (χ1v) is 11.3. The zero-order chi connectivity index (χ0) is 21.3. The first-order chi connectivity index (χ1) is 14.3. The van der Waals surface area contributed by atoms with E-state index in [2.05, 4.69) is 27.6 Å². The van der Waals surface area contributed by atoms with Crippen molar-refractivity contribution in [3.05, 3.63) is 93.1 Å². The zero-order valence-electron chi connectivity index (χ0n) is 15.3. The minimum atomic E-state index is -3.96. The van der Waals surface area contributed by atoms with E-state index < -0.39 is 27.8 Å². The van der Waals surface area contributed by atoms with Crippen LogP contribution in [-0.4, -0.2) is 20.9 Å². The van der Waals surface area contributed by atoms with Gasteiger partial charge in [-0.05, 0) is 76.7 Å². The standard InChI is InChI=1S/C21H14F2INO4S/c22-17-2-1-3-18(23)20(17)21-25-19(12-28-21)13-4-8-15(9-5-13)29-30(26,27)16-10-6-14(24)7-11-16/h1-11,19H,12H2. The van der Waals surface area contributed by atoms with Crippen LogP contribution in [0.3, 0.4) is 0 Å². The van der Waals surface area contributed by atoms with Gasteiger partial charge in [-0.3, -0.25) is 0 Å². The van der Waals surface area contributed by atoms with Gasteiger partial charge in [-0.15, -0.1) is 0 Å². The molecule has 9 heteroatoms. The summed E-state index contributed by atoms with van der Waals surface area (Å²) < 4.78 is 64.1. The Morgan fingerprint density at radius 2 is 1.60 bits per heavy atom. The molecule has 5 nitrogen and oxygen atoms in total. The normalized spacial score (nSPS) is 16.1. The molecule has 1 unspecified atom stereocenters. The van der Waals surface area contributed by atoms with Crippen LogP contribution in [0.1, 0.15) is 17.2 Å². The van der Waals surface area contributed by atoms with Gasteiger partial charge < -0.3 is 8.92 Å². The summed E-state index contributed by atoms with van der Waals surface area (Å²) in [6, 6.07) is 15.6. The summed E-state index contributed by atoms with van der Waals surface area (Å²) >= 11 is 2.08. The Morgan fingerprint density at radius 3 is 2.23 bits per heavy atom. The zero-order valence-corrected chi connectivity index (χ0v) is 18.2. The van der Waals surface area contributed by atoms with Gasteiger partial charge in [0.1, 0.15) is 40.5 Å². The fraction of sp³-hybridized carbons (Fsp3) is 0.0952. The van der Waals surface area contributed by atoms with E-state index in [1.165, 1.54) is 30.3 Å². The Morgan fingerprint density at radius 1 is 0.967 bits per heavy atom. The summed E-state index contributed by atoms with van der Waals surface area (Å²) in [6.07, 6.45) is 0. The molecule has 0 N–H and O–H groups in total. The number of hydrogen-bond acceptors (Lipinski definition) is 5. The molecule has 3 aromatic rings. The molecule has 0 fully saturated rings. The molecular weight excluding hydrogens is 527 g/mol. The predicted octanol–water partition coefficient (Wildman–Crippen LogP) is 4.86. The summed E-state index contributed by atoms with van der Waals surface area (Å²) in [5.74, 6) is -1.46. The van der Waals surface area contributed by atoms with Crippen LogP contribution in [0.4, 0.5) is 8.78 Å². The molecule has 154 valence electrons. The van der Waals surface area contributed by atoms with E-state index in [1.54, 1.807) is 24.3 Å². The maximum absolute atomic E-state index is 13.9. The Bertz CT molecular complexity index is 1190. The van der Waals surface area contributed by atoms with Crippen LogP contribution in [0.2, 0.25) is 0 Å². The van der Waals surface area contributed by atoms with Gasteiger partial charge in [0.05, 0.1) is 0 Å². The van der Waals surface area contributed by atoms with Gasteiger partial charge in [-0.1, -0.05) is 18.2 Å². The van der Waals surface area contributed by atoms with Crippen LogP contribution in [0.15, 0.2) is 76.6 Å². The third-order valence-corrected chi connectivity index (χ3v) is 6.38. The van der Waals surface area contributed by atoms with Crippen LogP contribution in [0.25, 0.3) is 0 Å². The SMILES string of the molecule is O=S(=O)(Oc1ccc(C2COC(c3c(F)cccc3F)=N2)cc1)c1ccc(I)cc1. The van der Waals surface area contributed by atoms with E-state index in [0.717, 1.165) is 15.7 Å². The van der Waals surface area contributed by atoms with Gasteiger partial charge >= 0.3 is 10.1 Å². The molecule has 1 heterocycles. The molecule has 0 saturated carbocycles. The highest BCUT2D eigenvalue weighted by Gasteiger charge is 2.26. The van der Waals surface area contributed by atoms with Gasteiger partial charge in [0.2, 0.25) is 5.90 Å². The van der Waals surface area contributed by atoms with E-state index in [0.29, 0.717) is 5.56 Å². The van der Waals surface area contributed by atoms with Crippen molar-refractivity contribution < 1.29 is 26.1 Å². The molecular formula is C21H14F2INO4S. The third kappa shape index (κ3) is 4.31. The molecule has 0 spiro atoms. The predicted molar refractivity (Wildman–Crippen MR) is 115 cm³/mol. The fourth-order valence-corrected chi connectivity index (χ4v) is 4.19. The lowest BCUT2D eigenvalue weighted by molar-refractivity contribution is 0.317. The number of aliphatic imine (C=N–C) groups is 1. The fourth-order valence-electron chi connectivity index (χ4n) is 2.91. The first kappa shape index (κ1) is 20.7. The molecule has 0 radical (unpaired) electrons. The van der Waals surface area contributed by atoms with Gasteiger partial charge in [0.15, 0.2) is 0 Å². The topological polar surface area (TPSA) is 65.0 Å². The highest BCUT2D eigenvalue weighted by Crippen LogP contribution is 2.29. The molecule has 1 atom stereocenters. The van der Waals surface area contributed by atoms with E-state index in [9.17, 15) is 17.2 Å². The van der Waals surface area contributed by atoms with Crippen molar-refractivity contribution in [3.8, 4) is 5.75 Å². The van der Waals surface area contributed by atoms with Crippen molar-refractivity contribution in [3.63, 3.8) is 0 Å². The van der Waals surface area contributed by atoms with Crippen LogP contribution in [0.5, 0.6) is 5.75 Å². The largest absolute Gasteiger partial charge is 0.475 e. The number of nitrogens with zero attached hydrogens (tertiary/aromatic N) is 1. The average molecular weight is 541 g/mol. The molecule has 1 aliphatic rings. The van der Waals surface area contributed by atoms with Crippen molar-refractivity contribution in [1.82, 2.24) is 0 Å². The Balaban J connectivity index is 1.52. The maximum atomic E-state index is 13.9. The van der Waals surface area contributed by atoms with Crippen LogP contribution < -0.4 is 4.18 Å². The van der Waals surface area contributed by atoms with Gasteiger partial charge in [-0.2, -0.15) is 8.42 Å². The van der Waals surface area contributed by atoms with Gasteiger partial charge in [0.25, 0.3) is 0 Å². The number of benzene rings is 3.